The lowest BCUT2D eigenvalue weighted by Crippen LogP contribution is -2.47. The first-order valence-corrected chi connectivity index (χ1v) is 9.61. The molecule has 2 fully saturated rings. The lowest BCUT2D eigenvalue weighted by Gasteiger charge is -2.22. The van der Waals surface area contributed by atoms with Gasteiger partial charge in [-0.05, 0) is 37.0 Å². The van der Waals surface area contributed by atoms with Gasteiger partial charge in [0.25, 0.3) is 0 Å². The number of nitrogens with zero attached hydrogens (tertiary/aromatic N) is 2. The molecular weight excluding hydrogens is 409 g/mol. The first-order chi connectivity index (χ1) is 12.3. The second kappa shape index (κ2) is 7.76. The van der Waals surface area contributed by atoms with Crippen LogP contribution in [0.4, 0.5) is 13.2 Å². The van der Waals surface area contributed by atoms with Crippen molar-refractivity contribution in [2.75, 3.05) is 33.2 Å². The molecule has 1 atom stereocenters. The van der Waals surface area contributed by atoms with E-state index in [1.165, 1.54) is 10.5 Å². The molecule has 0 spiro atoms. The van der Waals surface area contributed by atoms with E-state index in [-0.39, 0.29) is 11.5 Å². The summed E-state index contributed by atoms with van der Waals surface area (Å²) in [5.74, 6) is 0.658. The topological polar surface area (TPSA) is 39.7 Å². The molecule has 1 saturated carbocycles. The van der Waals surface area contributed by atoms with E-state index in [9.17, 15) is 13.2 Å². The number of hydrogen-bond acceptors (Lipinski definition) is 2. The molecule has 1 heterocycles. The number of guanidine groups is 1. The quantitative estimate of drug-likeness (QED) is 0.553. The van der Waals surface area contributed by atoms with E-state index in [0.29, 0.717) is 25.5 Å². The predicted molar refractivity (Wildman–Crippen MR) is 100 cm³/mol. The van der Waals surface area contributed by atoms with Crippen molar-refractivity contribution >= 4 is 21.9 Å². The van der Waals surface area contributed by atoms with E-state index in [4.69, 9.17) is 0 Å². The fourth-order valence-electron chi connectivity index (χ4n) is 3.53. The third-order valence-corrected chi connectivity index (χ3v) is 5.62. The highest BCUT2D eigenvalue weighted by Crippen LogP contribution is 2.48. The maximum atomic E-state index is 12.5. The van der Waals surface area contributed by atoms with Crippen LogP contribution in [0.5, 0.6) is 0 Å². The molecule has 144 valence electrons. The summed E-state index contributed by atoms with van der Waals surface area (Å²) in [6, 6.07) is 8.34. The smallest absolute Gasteiger partial charge is 0.356 e. The van der Waals surface area contributed by atoms with Gasteiger partial charge in [0.15, 0.2) is 5.96 Å². The highest BCUT2D eigenvalue weighted by molar-refractivity contribution is 9.10. The molecule has 0 aromatic heterocycles. The highest BCUT2D eigenvalue weighted by atomic mass is 79.9. The van der Waals surface area contributed by atoms with Crippen molar-refractivity contribution in [3.63, 3.8) is 0 Å². The molecule has 3 rings (SSSR count). The van der Waals surface area contributed by atoms with Crippen LogP contribution < -0.4 is 10.6 Å². The van der Waals surface area contributed by atoms with Crippen LogP contribution in [-0.2, 0) is 5.41 Å². The second-order valence-corrected chi connectivity index (χ2v) is 8.11. The Morgan fingerprint density at radius 1 is 1.38 bits per heavy atom. The SMILES string of the molecule is CN=C(NCC1(c2cccc(Br)c2)CC1)NC1CCN(CC(F)(F)F)C1. The lowest BCUT2D eigenvalue weighted by atomic mass is 9.96. The minimum absolute atomic E-state index is 0.00965. The summed E-state index contributed by atoms with van der Waals surface area (Å²) in [6.45, 7) is 0.762. The van der Waals surface area contributed by atoms with Crippen LogP contribution in [-0.4, -0.2) is 56.3 Å². The van der Waals surface area contributed by atoms with Crippen LogP contribution in [0, 0.1) is 0 Å². The Morgan fingerprint density at radius 2 is 2.15 bits per heavy atom. The van der Waals surface area contributed by atoms with Crippen LogP contribution in [0.3, 0.4) is 0 Å². The van der Waals surface area contributed by atoms with Gasteiger partial charge in [0.2, 0.25) is 0 Å². The highest BCUT2D eigenvalue weighted by Gasteiger charge is 2.44. The van der Waals surface area contributed by atoms with Crippen LogP contribution >= 0.6 is 15.9 Å². The average molecular weight is 433 g/mol. The number of nitrogens with one attached hydrogen (secondary N) is 2. The van der Waals surface area contributed by atoms with Crippen molar-refractivity contribution in [3.8, 4) is 0 Å². The monoisotopic (exact) mass is 432 g/mol. The number of benzene rings is 1. The summed E-state index contributed by atoms with van der Waals surface area (Å²) in [4.78, 5) is 5.68. The first kappa shape index (κ1) is 19.5. The average Bonchev–Trinajstić information content (AvgIpc) is 3.25. The molecule has 2 N–H and O–H groups in total. The maximum absolute atomic E-state index is 12.5. The number of likely N-dealkylation sites (tertiary alicyclic amines) is 1. The Hall–Kier alpha value is -1.28. The molecule has 1 aliphatic carbocycles. The number of rotatable bonds is 5. The van der Waals surface area contributed by atoms with Crippen molar-refractivity contribution in [3.05, 3.63) is 34.3 Å². The van der Waals surface area contributed by atoms with E-state index in [1.807, 2.05) is 12.1 Å². The number of alkyl halides is 3. The molecule has 1 aromatic carbocycles. The Morgan fingerprint density at radius 3 is 2.77 bits per heavy atom. The second-order valence-electron chi connectivity index (χ2n) is 7.20. The molecule has 1 aliphatic heterocycles. The van der Waals surface area contributed by atoms with Gasteiger partial charge in [0.05, 0.1) is 6.54 Å². The van der Waals surface area contributed by atoms with Gasteiger partial charge in [0.1, 0.15) is 0 Å². The molecule has 1 unspecified atom stereocenters. The Balaban J connectivity index is 1.50. The van der Waals surface area contributed by atoms with Crippen LogP contribution in [0.15, 0.2) is 33.7 Å². The Bertz CT molecular complexity index is 658. The molecule has 4 nitrogen and oxygen atoms in total. The van der Waals surface area contributed by atoms with Crippen LogP contribution in [0.2, 0.25) is 0 Å². The fraction of sp³-hybridized carbons (Fsp3) is 0.611. The number of halogens is 4. The van der Waals surface area contributed by atoms with Gasteiger partial charge >= 0.3 is 6.18 Å². The maximum Gasteiger partial charge on any atom is 0.401 e. The molecule has 0 bridgehead atoms. The minimum Gasteiger partial charge on any atom is -0.356 e. The Labute approximate surface area is 160 Å². The third-order valence-electron chi connectivity index (χ3n) is 5.12. The van der Waals surface area contributed by atoms with Crippen LogP contribution in [0.25, 0.3) is 0 Å². The molecule has 26 heavy (non-hydrogen) atoms. The zero-order valence-electron chi connectivity index (χ0n) is 14.7. The largest absolute Gasteiger partial charge is 0.401 e. The molecule has 8 heteroatoms. The van der Waals surface area contributed by atoms with Crippen molar-refractivity contribution in [2.24, 2.45) is 4.99 Å². The van der Waals surface area contributed by atoms with Gasteiger partial charge in [-0.2, -0.15) is 13.2 Å². The summed E-state index contributed by atoms with van der Waals surface area (Å²) < 4.78 is 38.6. The molecule has 1 saturated heterocycles. The van der Waals surface area contributed by atoms with Gasteiger partial charge in [-0.15, -0.1) is 0 Å². The fourth-order valence-corrected chi connectivity index (χ4v) is 3.92. The van der Waals surface area contributed by atoms with Crippen molar-refractivity contribution in [2.45, 2.75) is 36.9 Å². The van der Waals surface area contributed by atoms with E-state index in [2.05, 4.69) is 43.7 Å². The minimum atomic E-state index is -4.14. The zero-order valence-corrected chi connectivity index (χ0v) is 16.3. The first-order valence-electron chi connectivity index (χ1n) is 8.82. The normalized spacial score (nSPS) is 23.1. The van der Waals surface area contributed by atoms with Crippen molar-refractivity contribution in [1.82, 2.24) is 15.5 Å². The zero-order chi connectivity index (χ0) is 18.8. The molecule has 1 aromatic rings. The molecule has 0 amide bonds. The van der Waals surface area contributed by atoms with Crippen molar-refractivity contribution < 1.29 is 13.2 Å². The van der Waals surface area contributed by atoms with Gasteiger partial charge in [-0.25, -0.2) is 0 Å². The van der Waals surface area contributed by atoms with Gasteiger partial charge in [-0.3, -0.25) is 9.89 Å². The summed E-state index contributed by atoms with van der Waals surface area (Å²) in [5, 5.41) is 6.63. The predicted octanol–water partition coefficient (Wildman–Crippen LogP) is 3.28. The summed E-state index contributed by atoms with van der Waals surface area (Å²) in [6.07, 6.45) is -1.21. The van der Waals surface area contributed by atoms with E-state index in [1.54, 1.807) is 7.05 Å². The lowest BCUT2D eigenvalue weighted by molar-refractivity contribution is -0.143. The molecule has 0 radical (unpaired) electrons. The standard InChI is InChI=1S/C18H24BrF3N4/c1-23-16(25-15-5-8-26(10-15)12-18(20,21)22)24-11-17(6-7-17)13-3-2-4-14(19)9-13/h2-4,9,15H,5-8,10-12H2,1H3,(H2,23,24,25). The third kappa shape index (κ3) is 5.13. The summed E-state index contributed by atoms with van der Waals surface area (Å²) >= 11 is 3.52. The molecule has 2 aliphatic rings. The van der Waals surface area contributed by atoms with E-state index in [0.717, 1.165) is 23.9 Å². The summed E-state index contributed by atoms with van der Waals surface area (Å²) in [7, 11) is 1.69. The molecular formula is C18H24BrF3N4. The van der Waals surface area contributed by atoms with Gasteiger partial charge in [-0.1, -0.05) is 28.1 Å². The van der Waals surface area contributed by atoms with Gasteiger partial charge < -0.3 is 10.6 Å². The Kier molecular flexibility index (Phi) is 5.81. The van der Waals surface area contributed by atoms with E-state index >= 15 is 0 Å². The summed E-state index contributed by atoms with van der Waals surface area (Å²) in [5.41, 5.74) is 1.42. The van der Waals surface area contributed by atoms with Crippen molar-refractivity contribution in [1.29, 1.82) is 0 Å². The van der Waals surface area contributed by atoms with Gasteiger partial charge in [0, 0.05) is 42.6 Å². The number of aliphatic imine (C=N–C) groups is 1. The van der Waals surface area contributed by atoms with Crippen LogP contribution in [0.1, 0.15) is 24.8 Å². The number of hydrogen-bond donors (Lipinski definition) is 2. The van der Waals surface area contributed by atoms with E-state index < -0.39 is 12.7 Å².